The van der Waals surface area contributed by atoms with Gasteiger partial charge in [-0.1, -0.05) is 6.07 Å². The van der Waals surface area contributed by atoms with Crippen LogP contribution in [0.15, 0.2) is 18.2 Å². The topological polar surface area (TPSA) is 46.9 Å². The third-order valence-electron chi connectivity index (χ3n) is 4.34. The summed E-state index contributed by atoms with van der Waals surface area (Å²) in [5.74, 6) is 2.34. The van der Waals surface area contributed by atoms with E-state index < -0.39 is 0 Å². The van der Waals surface area contributed by atoms with E-state index >= 15 is 0 Å². The van der Waals surface area contributed by atoms with E-state index in [-0.39, 0.29) is 11.8 Å². The summed E-state index contributed by atoms with van der Waals surface area (Å²) in [7, 11) is 2.09. The van der Waals surface area contributed by atoms with Crippen LogP contribution in [0.3, 0.4) is 0 Å². The summed E-state index contributed by atoms with van der Waals surface area (Å²) in [6.07, 6.45) is 4.63. The van der Waals surface area contributed by atoms with Crippen LogP contribution in [0.5, 0.6) is 0 Å². The number of nitrogens with zero attached hydrogens (tertiary/aromatic N) is 2. The average Bonchev–Trinajstić information content (AvgIpc) is 3.34. The summed E-state index contributed by atoms with van der Waals surface area (Å²) in [6.45, 7) is 0.612. The molecule has 20 heavy (non-hydrogen) atoms. The molecule has 0 bridgehead atoms. The molecule has 2 aliphatic rings. The minimum absolute atomic E-state index is 0.199. The summed E-state index contributed by atoms with van der Waals surface area (Å²) in [4.78, 5) is 16.4. The normalized spacial score (nSPS) is 18.4. The number of rotatable bonds is 4. The van der Waals surface area contributed by atoms with Crippen LogP contribution >= 0.6 is 0 Å². The van der Waals surface area contributed by atoms with Crippen molar-refractivity contribution in [1.82, 2.24) is 14.9 Å². The van der Waals surface area contributed by atoms with Crippen molar-refractivity contribution in [3.63, 3.8) is 0 Å². The van der Waals surface area contributed by atoms with Crippen molar-refractivity contribution in [2.45, 2.75) is 38.1 Å². The van der Waals surface area contributed by atoms with Crippen molar-refractivity contribution < 1.29 is 4.79 Å². The summed E-state index contributed by atoms with van der Waals surface area (Å²) < 4.78 is 2.21. The maximum Gasteiger partial charge on any atom is 0.223 e. The zero-order valence-corrected chi connectivity index (χ0v) is 11.7. The Labute approximate surface area is 118 Å². The number of aryl methyl sites for hydroxylation is 1. The van der Waals surface area contributed by atoms with Crippen molar-refractivity contribution in [2.75, 3.05) is 0 Å². The van der Waals surface area contributed by atoms with Crippen molar-refractivity contribution in [1.29, 1.82) is 0 Å². The summed E-state index contributed by atoms with van der Waals surface area (Å²) in [5.41, 5.74) is 3.36. The molecule has 0 spiro atoms. The summed E-state index contributed by atoms with van der Waals surface area (Å²) >= 11 is 0. The van der Waals surface area contributed by atoms with Crippen LogP contribution in [0, 0.1) is 5.92 Å². The van der Waals surface area contributed by atoms with Crippen molar-refractivity contribution in [3.05, 3.63) is 29.6 Å². The van der Waals surface area contributed by atoms with Crippen LogP contribution in [0.1, 0.15) is 43.0 Å². The predicted molar refractivity (Wildman–Crippen MR) is 77.3 cm³/mol. The molecule has 1 N–H and O–H groups in total. The lowest BCUT2D eigenvalue weighted by Gasteiger charge is -2.04. The summed E-state index contributed by atoms with van der Waals surface area (Å²) in [6, 6.07) is 6.31. The van der Waals surface area contributed by atoms with Crippen LogP contribution in [-0.4, -0.2) is 15.5 Å². The molecule has 2 aromatic rings. The fourth-order valence-corrected chi connectivity index (χ4v) is 2.76. The largest absolute Gasteiger partial charge is 0.352 e. The molecule has 4 heteroatoms. The van der Waals surface area contributed by atoms with E-state index in [4.69, 9.17) is 4.98 Å². The van der Waals surface area contributed by atoms with Gasteiger partial charge in [0, 0.05) is 25.4 Å². The van der Waals surface area contributed by atoms with E-state index in [0.717, 1.165) is 23.9 Å². The second kappa shape index (κ2) is 4.33. The number of fused-ring (bicyclic) bond motifs is 1. The maximum atomic E-state index is 11.7. The molecule has 2 aliphatic carbocycles. The SMILES string of the molecule is Cn1c(C2CC2)nc2cc(CNC(=O)C3CC3)ccc21. The zero-order valence-electron chi connectivity index (χ0n) is 11.7. The van der Waals surface area contributed by atoms with Crippen molar-refractivity contribution in [2.24, 2.45) is 13.0 Å². The van der Waals surface area contributed by atoms with Gasteiger partial charge < -0.3 is 9.88 Å². The number of benzene rings is 1. The molecule has 1 heterocycles. The fourth-order valence-electron chi connectivity index (χ4n) is 2.76. The molecule has 2 fully saturated rings. The molecule has 0 radical (unpaired) electrons. The first-order valence-electron chi connectivity index (χ1n) is 7.45. The van der Waals surface area contributed by atoms with Gasteiger partial charge in [-0.25, -0.2) is 4.98 Å². The number of hydrogen-bond acceptors (Lipinski definition) is 2. The Morgan fingerprint density at radius 2 is 2.15 bits per heavy atom. The van der Waals surface area contributed by atoms with Gasteiger partial charge in [0.15, 0.2) is 0 Å². The number of amides is 1. The van der Waals surface area contributed by atoms with E-state index in [1.165, 1.54) is 24.2 Å². The predicted octanol–water partition coefficient (Wildman–Crippen LogP) is 2.48. The number of aromatic nitrogens is 2. The standard InChI is InChI=1S/C16H19N3O/c1-19-14-7-2-10(9-17-16(20)12-5-6-12)8-13(14)18-15(19)11-3-4-11/h2,7-8,11-12H,3-6,9H2,1H3,(H,17,20). The lowest BCUT2D eigenvalue weighted by Crippen LogP contribution is -2.24. The fraction of sp³-hybridized carbons (Fsp3) is 0.500. The Balaban J connectivity index is 1.56. The molecule has 1 aromatic heterocycles. The smallest absolute Gasteiger partial charge is 0.223 e. The minimum Gasteiger partial charge on any atom is -0.352 e. The molecule has 4 rings (SSSR count). The van der Waals surface area contributed by atoms with Crippen molar-refractivity contribution >= 4 is 16.9 Å². The van der Waals surface area contributed by atoms with Gasteiger partial charge in [-0.15, -0.1) is 0 Å². The zero-order chi connectivity index (χ0) is 13.7. The number of hydrogen-bond donors (Lipinski definition) is 1. The molecular formula is C16H19N3O. The summed E-state index contributed by atoms with van der Waals surface area (Å²) in [5, 5.41) is 3.01. The Morgan fingerprint density at radius 3 is 2.85 bits per heavy atom. The molecule has 0 saturated heterocycles. The van der Waals surface area contributed by atoms with Gasteiger partial charge in [0.1, 0.15) is 5.82 Å². The monoisotopic (exact) mass is 269 g/mol. The highest BCUT2D eigenvalue weighted by molar-refractivity contribution is 5.81. The van der Waals surface area contributed by atoms with E-state index in [1.807, 2.05) is 0 Å². The highest BCUT2D eigenvalue weighted by Gasteiger charge is 2.29. The molecule has 4 nitrogen and oxygen atoms in total. The van der Waals surface area contributed by atoms with E-state index in [0.29, 0.717) is 12.5 Å². The number of carbonyl (C=O) groups is 1. The molecule has 1 aromatic carbocycles. The minimum atomic E-state index is 0.199. The van der Waals surface area contributed by atoms with Gasteiger partial charge in [0.25, 0.3) is 0 Å². The lowest BCUT2D eigenvalue weighted by molar-refractivity contribution is -0.122. The van der Waals surface area contributed by atoms with Gasteiger partial charge in [0.2, 0.25) is 5.91 Å². The Kier molecular flexibility index (Phi) is 2.59. The average molecular weight is 269 g/mol. The number of imidazole rings is 1. The molecular weight excluding hydrogens is 250 g/mol. The van der Waals surface area contributed by atoms with Crippen LogP contribution in [0.4, 0.5) is 0 Å². The Morgan fingerprint density at radius 1 is 1.35 bits per heavy atom. The Hall–Kier alpha value is -1.84. The van der Waals surface area contributed by atoms with Crippen LogP contribution in [-0.2, 0) is 18.4 Å². The van der Waals surface area contributed by atoms with Gasteiger partial charge in [-0.3, -0.25) is 4.79 Å². The van der Waals surface area contributed by atoms with E-state index in [2.05, 4.69) is 35.1 Å². The lowest BCUT2D eigenvalue weighted by atomic mass is 10.2. The molecule has 2 saturated carbocycles. The molecule has 1 amide bonds. The van der Waals surface area contributed by atoms with Gasteiger partial charge in [0.05, 0.1) is 11.0 Å². The molecule has 104 valence electrons. The van der Waals surface area contributed by atoms with Gasteiger partial charge in [-0.2, -0.15) is 0 Å². The highest BCUT2D eigenvalue weighted by atomic mass is 16.2. The number of nitrogens with one attached hydrogen (secondary N) is 1. The maximum absolute atomic E-state index is 11.7. The quantitative estimate of drug-likeness (QED) is 0.927. The third-order valence-corrected chi connectivity index (χ3v) is 4.34. The first kappa shape index (κ1) is 11.9. The first-order valence-corrected chi connectivity index (χ1v) is 7.45. The van der Waals surface area contributed by atoms with E-state index in [9.17, 15) is 4.79 Å². The van der Waals surface area contributed by atoms with Gasteiger partial charge >= 0.3 is 0 Å². The molecule has 0 atom stereocenters. The first-order chi connectivity index (χ1) is 9.72. The van der Waals surface area contributed by atoms with Gasteiger partial charge in [-0.05, 0) is 43.4 Å². The second-order valence-corrected chi connectivity index (χ2v) is 6.12. The Bertz CT molecular complexity index is 680. The van der Waals surface area contributed by atoms with E-state index in [1.54, 1.807) is 0 Å². The van der Waals surface area contributed by atoms with Crippen LogP contribution in [0.2, 0.25) is 0 Å². The van der Waals surface area contributed by atoms with Crippen molar-refractivity contribution in [3.8, 4) is 0 Å². The second-order valence-electron chi connectivity index (χ2n) is 6.12. The molecule has 0 unspecified atom stereocenters. The highest BCUT2D eigenvalue weighted by Crippen LogP contribution is 2.40. The number of carbonyl (C=O) groups excluding carboxylic acids is 1. The van der Waals surface area contributed by atoms with Crippen LogP contribution in [0.25, 0.3) is 11.0 Å². The third kappa shape index (κ3) is 2.09. The van der Waals surface area contributed by atoms with Crippen LogP contribution < -0.4 is 5.32 Å². The molecule has 0 aliphatic heterocycles.